The van der Waals surface area contributed by atoms with Gasteiger partial charge in [-0.15, -0.1) is 0 Å². The molecule has 0 spiro atoms. The summed E-state index contributed by atoms with van der Waals surface area (Å²) in [5.41, 5.74) is 4.84. The molecule has 2 rings (SSSR count). The number of carbonyl (C=O) groups excluding carboxylic acids is 1. The van der Waals surface area contributed by atoms with Crippen LogP contribution in [0.2, 0.25) is 0 Å². The number of nitrogens with one attached hydrogen (secondary N) is 1. The van der Waals surface area contributed by atoms with E-state index in [0.29, 0.717) is 5.56 Å². The fourth-order valence-corrected chi connectivity index (χ4v) is 1.90. The Balaban J connectivity index is 2.01. The number of phenolic OH excluding ortho intramolecular Hbond substituents is 1. The van der Waals surface area contributed by atoms with Crippen LogP contribution in [-0.4, -0.2) is 17.2 Å². The van der Waals surface area contributed by atoms with Crippen molar-refractivity contribution in [3.63, 3.8) is 0 Å². The first kappa shape index (κ1) is 14.3. The van der Waals surface area contributed by atoms with E-state index in [1.165, 1.54) is 6.21 Å². The largest absolute Gasteiger partial charge is 0.508 e. The zero-order chi connectivity index (χ0) is 14.5. The minimum atomic E-state index is -0.277. The monoisotopic (exact) mass is 332 g/mol. The van der Waals surface area contributed by atoms with Crippen LogP contribution >= 0.6 is 15.9 Å². The van der Waals surface area contributed by atoms with E-state index in [1.807, 2.05) is 13.0 Å². The summed E-state index contributed by atoms with van der Waals surface area (Å²) in [5, 5.41) is 13.0. The number of aromatic hydroxyl groups is 1. The van der Waals surface area contributed by atoms with Gasteiger partial charge in [0.15, 0.2) is 0 Å². The zero-order valence-corrected chi connectivity index (χ0v) is 12.4. The van der Waals surface area contributed by atoms with Crippen LogP contribution in [0.5, 0.6) is 5.75 Å². The molecule has 2 N–H and O–H groups in total. The van der Waals surface area contributed by atoms with Crippen molar-refractivity contribution < 1.29 is 9.90 Å². The van der Waals surface area contributed by atoms with Gasteiger partial charge >= 0.3 is 0 Å². The van der Waals surface area contributed by atoms with Crippen LogP contribution in [0.4, 0.5) is 0 Å². The Morgan fingerprint density at radius 1 is 1.25 bits per heavy atom. The molecule has 2 aromatic carbocycles. The lowest BCUT2D eigenvalue weighted by molar-refractivity contribution is 0.0955. The minimum Gasteiger partial charge on any atom is -0.508 e. The molecule has 0 saturated carbocycles. The maximum absolute atomic E-state index is 11.9. The van der Waals surface area contributed by atoms with Gasteiger partial charge < -0.3 is 5.11 Å². The molecule has 5 heteroatoms. The van der Waals surface area contributed by atoms with Crippen LogP contribution in [0.1, 0.15) is 21.5 Å². The molecule has 2 aromatic rings. The molecule has 0 fully saturated rings. The Morgan fingerprint density at radius 2 is 1.95 bits per heavy atom. The summed E-state index contributed by atoms with van der Waals surface area (Å²) >= 11 is 3.38. The van der Waals surface area contributed by atoms with Gasteiger partial charge in [0.05, 0.1) is 6.21 Å². The maximum atomic E-state index is 11.9. The first-order valence-electron chi connectivity index (χ1n) is 5.95. The highest BCUT2D eigenvalue weighted by molar-refractivity contribution is 9.10. The van der Waals surface area contributed by atoms with E-state index in [1.54, 1.807) is 36.4 Å². The average molecular weight is 333 g/mol. The fraction of sp³-hybridized carbons (Fsp3) is 0.0667. The Labute approximate surface area is 125 Å². The summed E-state index contributed by atoms with van der Waals surface area (Å²) in [4.78, 5) is 11.9. The molecule has 102 valence electrons. The van der Waals surface area contributed by atoms with Gasteiger partial charge in [0.2, 0.25) is 0 Å². The highest BCUT2D eigenvalue weighted by Gasteiger charge is 2.05. The molecule has 0 radical (unpaired) electrons. The molecule has 0 unspecified atom stereocenters. The van der Waals surface area contributed by atoms with Crippen LogP contribution in [0.3, 0.4) is 0 Å². The molecule has 0 aromatic heterocycles. The van der Waals surface area contributed by atoms with Gasteiger partial charge in [0, 0.05) is 10.0 Å². The van der Waals surface area contributed by atoms with Crippen LogP contribution in [0.15, 0.2) is 52.0 Å². The van der Waals surface area contributed by atoms with Crippen molar-refractivity contribution in [2.24, 2.45) is 5.10 Å². The van der Waals surface area contributed by atoms with E-state index in [0.717, 1.165) is 15.6 Å². The number of carbonyl (C=O) groups is 1. The van der Waals surface area contributed by atoms with Gasteiger partial charge in [-0.05, 0) is 54.4 Å². The molecule has 0 heterocycles. The summed E-state index contributed by atoms with van der Waals surface area (Å²) in [6.45, 7) is 1.95. The first-order chi connectivity index (χ1) is 9.56. The molecule has 0 atom stereocenters. The van der Waals surface area contributed by atoms with Crippen molar-refractivity contribution in [1.82, 2.24) is 5.43 Å². The topological polar surface area (TPSA) is 61.7 Å². The number of benzene rings is 2. The van der Waals surface area contributed by atoms with Crippen molar-refractivity contribution in [3.05, 3.63) is 63.6 Å². The first-order valence-corrected chi connectivity index (χ1v) is 6.74. The number of aryl methyl sites for hydroxylation is 1. The Kier molecular flexibility index (Phi) is 4.53. The second kappa shape index (κ2) is 6.34. The summed E-state index contributed by atoms with van der Waals surface area (Å²) < 4.78 is 0.882. The fourth-order valence-electron chi connectivity index (χ4n) is 1.52. The Hall–Kier alpha value is -2.14. The van der Waals surface area contributed by atoms with Gasteiger partial charge in [-0.25, -0.2) is 5.43 Å². The predicted molar refractivity (Wildman–Crippen MR) is 82.0 cm³/mol. The molecule has 20 heavy (non-hydrogen) atoms. The highest BCUT2D eigenvalue weighted by atomic mass is 79.9. The molecule has 1 amide bonds. The average Bonchev–Trinajstić information content (AvgIpc) is 2.44. The number of hydrogen-bond acceptors (Lipinski definition) is 3. The number of phenols is 1. The molecule has 0 saturated heterocycles. The lowest BCUT2D eigenvalue weighted by atomic mass is 10.1. The van der Waals surface area contributed by atoms with E-state index >= 15 is 0 Å². The molecular formula is C15H13BrN2O2. The van der Waals surface area contributed by atoms with Crippen molar-refractivity contribution in [2.75, 3.05) is 0 Å². The number of hydrogen-bond donors (Lipinski definition) is 2. The lowest BCUT2D eigenvalue weighted by Crippen LogP contribution is -2.17. The standard InChI is InChI=1S/C15H13BrN2O2/c1-10-2-5-12(8-14(10)16)15(20)18-17-9-11-3-6-13(19)7-4-11/h2-9,19H,1H3,(H,18,20). The number of hydrazone groups is 1. The van der Waals surface area contributed by atoms with Crippen LogP contribution in [0.25, 0.3) is 0 Å². The molecular weight excluding hydrogens is 320 g/mol. The Morgan fingerprint density at radius 3 is 2.60 bits per heavy atom. The SMILES string of the molecule is Cc1ccc(C(=O)NN=Cc2ccc(O)cc2)cc1Br. The van der Waals surface area contributed by atoms with Crippen molar-refractivity contribution >= 4 is 28.1 Å². The van der Waals surface area contributed by atoms with Gasteiger partial charge in [0.1, 0.15) is 5.75 Å². The lowest BCUT2D eigenvalue weighted by Gasteiger charge is -2.02. The predicted octanol–water partition coefficient (Wildman–Crippen LogP) is 3.23. The van der Waals surface area contributed by atoms with E-state index in [-0.39, 0.29) is 11.7 Å². The number of rotatable bonds is 3. The van der Waals surface area contributed by atoms with Gasteiger partial charge in [-0.2, -0.15) is 5.10 Å². The Bertz CT molecular complexity index is 651. The van der Waals surface area contributed by atoms with Gasteiger partial charge in [-0.1, -0.05) is 22.0 Å². The quantitative estimate of drug-likeness (QED) is 0.669. The van der Waals surface area contributed by atoms with Crippen molar-refractivity contribution in [3.8, 4) is 5.75 Å². The van der Waals surface area contributed by atoms with Gasteiger partial charge in [0.25, 0.3) is 5.91 Å². The summed E-state index contributed by atoms with van der Waals surface area (Å²) in [7, 11) is 0. The number of halogens is 1. The summed E-state index contributed by atoms with van der Waals surface area (Å²) in [5.74, 6) is -0.0866. The van der Waals surface area contributed by atoms with Crippen LogP contribution < -0.4 is 5.43 Å². The number of amides is 1. The minimum absolute atomic E-state index is 0.190. The van der Waals surface area contributed by atoms with E-state index in [9.17, 15) is 4.79 Å². The third-order valence-corrected chi connectivity index (χ3v) is 3.56. The molecule has 0 aliphatic carbocycles. The van der Waals surface area contributed by atoms with Crippen molar-refractivity contribution in [2.45, 2.75) is 6.92 Å². The van der Waals surface area contributed by atoms with E-state index < -0.39 is 0 Å². The molecule has 0 aliphatic heterocycles. The zero-order valence-electron chi connectivity index (χ0n) is 10.8. The second-order valence-corrected chi connectivity index (χ2v) is 5.11. The molecule has 4 nitrogen and oxygen atoms in total. The van der Waals surface area contributed by atoms with E-state index in [2.05, 4.69) is 26.5 Å². The van der Waals surface area contributed by atoms with Crippen molar-refractivity contribution in [1.29, 1.82) is 0 Å². The number of nitrogens with zero attached hydrogens (tertiary/aromatic N) is 1. The molecule has 0 aliphatic rings. The third-order valence-electron chi connectivity index (χ3n) is 2.71. The third kappa shape index (κ3) is 3.68. The van der Waals surface area contributed by atoms with E-state index in [4.69, 9.17) is 5.11 Å². The second-order valence-electron chi connectivity index (χ2n) is 4.25. The summed E-state index contributed by atoms with van der Waals surface area (Å²) in [6.07, 6.45) is 1.51. The van der Waals surface area contributed by atoms with Gasteiger partial charge in [-0.3, -0.25) is 4.79 Å². The van der Waals surface area contributed by atoms with Crippen LogP contribution in [-0.2, 0) is 0 Å². The molecule has 0 bridgehead atoms. The maximum Gasteiger partial charge on any atom is 0.271 e. The summed E-state index contributed by atoms with van der Waals surface area (Å²) in [6, 6.07) is 11.9. The smallest absolute Gasteiger partial charge is 0.271 e. The normalized spacial score (nSPS) is 10.7. The highest BCUT2D eigenvalue weighted by Crippen LogP contribution is 2.17. The van der Waals surface area contributed by atoms with Crippen LogP contribution in [0, 0.1) is 6.92 Å².